The molecule has 21 heavy (non-hydrogen) atoms. The number of benzene rings is 1. The first kappa shape index (κ1) is 14.4. The fourth-order valence-corrected chi connectivity index (χ4v) is 3.55. The molecule has 1 fully saturated rings. The van der Waals surface area contributed by atoms with Crippen LogP contribution in [0.4, 0.5) is 11.4 Å². The van der Waals surface area contributed by atoms with Crippen molar-refractivity contribution in [3.63, 3.8) is 0 Å². The molecule has 1 N–H and O–H groups in total. The van der Waals surface area contributed by atoms with Crippen molar-refractivity contribution in [2.24, 2.45) is 5.41 Å². The average Bonchev–Trinajstić information content (AvgIpc) is 2.79. The lowest BCUT2D eigenvalue weighted by atomic mass is 9.94. The maximum Gasteiger partial charge on any atom is 0.229 e. The molecule has 0 aromatic heterocycles. The van der Waals surface area contributed by atoms with Gasteiger partial charge in [0.25, 0.3) is 0 Å². The number of nitrogens with zero attached hydrogens (tertiary/aromatic N) is 1. The number of rotatable bonds is 1. The molecular weight excluding hydrogens is 260 g/mol. The summed E-state index contributed by atoms with van der Waals surface area (Å²) in [6.45, 7) is 8.15. The highest BCUT2D eigenvalue weighted by molar-refractivity contribution is 5.94. The van der Waals surface area contributed by atoms with E-state index >= 15 is 0 Å². The molecule has 2 atom stereocenters. The summed E-state index contributed by atoms with van der Waals surface area (Å²) in [6, 6.07) is 7.78. The first-order valence-electron chi connectivity index (χ1n) is 8.09. The van der Waals surface area contributed by atoms with Crippen molar-refractivity contribution in [3.8, 4) is 0 Å². The molecule has 3 heteroatoms. The predicted molar refractivity (Wildman–Crippen MR) is 87.8 cm³/mol. The third-order valence-electron chi connectivity index (χ3n) is 4.83. The van der Waals surface area contributed by atoms with Crippen molar-refractivity contribution in [1.82, 2.24) is 0 Å². The molecule has 1 amide bonds. The van der Waals surface area contributed by atoms with Gasteiger partial charge in [0, 0.05) is 28.9 Å². The van der Waals surface area contributed by atoms with Gasteiger partial charge in [-0.1, -0.05) is 20.8 Å². The van der Waals surface area contributed by atoms with Crippen LogP contribution in [0.1, 0.15) is 52.5 Å². The predicted octanol–water partition coefficient (Wildman–Crippen LogP) is 3.97. The standard InChI is InChI=1S/C18H26N2O/c1-12-5-8-15-9-6-13-11-14(7-10-16(13)20(12)15)19-17(21)18(2,3)4/h7,10-12,15H,5-6,8-9H2,1-4H3,(H,19,21). The zero-order chi connectivity index (χ0) is 15.2. The molecule has 0 radical (unpaired) electrons. The second kappa shape index (κ2) is 5.04. The summed E-state index contributed by atoms with van der Waals surface area (Å²) in [5, 5.41) is 3.05. The first-order chi connectivity index (χ1) is 9.86. The Balaban J connectivity index is 1.84. The number of carbonyl (C=O) groups excluding carboxylic acids is 1. The molecule has 1 aromatic rings. The number of amides is 1. The monoisotopic (exact) mass is 286 g/mol. The molecule has 114 valence electrons. The largest absolute Gasteiger partial charge is 0.366 e. The second-order valence-electron chi connectivity index (χ2n) is 7.57. The van der Waals surface area contributed by atoms with Gasteiger partial charge in [0.15, 0.2) is 0 Å². The van der Waals surface area contributed by atoms with Crippen molar-refractivity contribution >= 4 is 17.3 Å². The maximum absolute atomic E-state index is 12.1. The van der Waals surface area contributed by atoms with E-state index in [0.29, 0.717) is 6.04 Å². The van der Waals surface area contributed by atoms with Crippen molar-refractivity contribution in [2.75, 3.05) is 10.2 Å². The number of aryl methyl sites for hydroxylation is 1. The minimum Gasteiger partial charge on any atom is -0.366 e. The Hall–Kier alpha value is -1.51. The lowest BCUT2D eigenvalue weighted by Crippen LogP contribution is -2.38. The third kappa shape index (κ3) is 2.66. The number of anilines is 2. The number of hydrogen-bond acceptors (Lipinski definition) is 2. The highest BCUT2D eigenvalue weighted by Crippen LogP contribution is 2.40. The molecule has 0 saturated carbocycles. The van der Waals surface area contributed by atoms with Gasteiger partial charge in [-0.25, -0.2) is 0 Å². The van der Waals surface area contributed by atoms with Crippen molar-refractivity contribution in [3.05, 3.63) is 23.8 Å². The van der Waals surface area contributed by atoms with Crippen LogP contribution in [0, 0.1) is 5.41 Å². The highest BCUT2D eigenvalue weighted by Gasteiger charge is 2.34. The van der Waals surface area contributed by atoms with E-state index in [2.05, 4.69) is 35.3 Å². The molecule has 1 saturated heterocycles. The van der Waals surface area contributed by atoms with Crippen LogP contribution in [0.3, 0.4) is 0 Å². The highest BCUT2D eigenvalue weighted by atomic mass is 16.2. The molecule has 2 heterocycles. The Morgan fingerprint density at radius 1 is 1.24 bits per heavy atom. The van der Waals surface area contributed by atoms with Crippen molar-refractivity contribution in [1.29, 1.82) is 0 Å². The molecule has 0 bridgehead atoms. The fourth-order valence-electron chi connectivity index (χ4n) is 3.55. The first-order valence-corrected chi connectivity index (χ1v) is 8.09. The Morgan fingerprint density at radius 2 is 2.00 bits per heavy atom. The number of fused-ring (bicyclic) bond motifs is 3. The van der Waals surface area contributed by atoms with Crippen molar-refractivity contribution in [2.45, 2.75) is 65.5 Å². The molecule has 2 unspecified atom stereocenters. The van der Waals surface area contributed by atoms with E-state index in [1.54, 1.807) is 0 Å². The summed E-state index contributed by atoms with van der Waals surface area (Å²) in [5.74, 6) is 0.0747. The summed E-state index contributed by atoms with van der Waals surface area (Å²) in [7, 11) is 0. The van der Waals surface area contributed by atoms with Gasteiger partial charge >= 0.3 is 0 Å². The van der Waals surface area contributed by atoms with E-state index in [9.17, 15) is 4.79 Å². The fraction of sp³-hybridized carbons (Fsp3) is 0.611. The zero-order valence-corrected chi connectivity index (χ0v) is 13.6. The molecular formula is C18H26N2O. The van der Waals surface area contributed by atoms with Crippen molar-refractivity contribution < 1.29 is 4.79 Å². The Kier molecular flexibility index (Phi) is 3.46. The number of carbonyl (C=O) groups is 1. The number of nitrogens with one attached hydrogen (secondary N) is 1. The lowest BCUT2D eigenvalue weighted by Gasteiger charge is -2.37. The maximum atomic E-state index is 12.1. The van der Waals surface area contributed by atoms with Crippen LogP contribution in [-0.2, 0) is 11.2 Å². The van der Waals surface area contributed by atoms with Gasteiger partial charge in [-0.3, -0.25) is 4.79 Å². The minimum absolute atomic E-state index is 0.0747. The van der Waals surface area contributed by atoms with Gasteiger partial charge in [0.2, 0.25) is 5.91 Å². The average molecular weight is 286 g/mol. The smallest absolute Gasteiger partial charge is 0.229 e. The molecule has 2 aliphatic rings. The molecule has 2 aliphatic heterocycles. The summed E-state index contributed by atoms with van der Waals surface area (Å²) in [5.41, 5.74) is 3.33. The van der Waals surface area contributed by atoms with Gasteiger partial charge in [0.1, 0.15) is 0 Å². The second-order valence-corrected chi connectivity index (χ2v) is 7.57. The Labute approximate surface area is 127 Å². The number of hydrogen-bond donors (Lipinski definition) is 1. The van der Waals surface area contributed by atoms with E-state index in [-0.39, 0.29) is 11.3 Å². The summed E-state index contributed by atoms with van der Waals surface area (Å²) in [4.78, 5) is 14.7. The minimum atomic E-state index is -0.357. The van der Waals surface area contributed by atoms with Crippen LogP contribution >= 0.6 is 0 Å². The van der Waals surface area contributed by atoms with Crippen LogP contribution in [0.15, 0.2) is 18.2 Å². The summed E-state index contributed by atoms with van der Waals surface area (Å²) < 4.78 is 0. The molecule has 0 aliphatic carbocycles. The van der Waals surface area contributed by atoms with E-state index in [1.165, 1.54) is 30.5 Å². The van der Waals surface area contributed by atoms with E-state index in [1.807, 2.05) is 20.8 Å². The van der Waals surface area contributed by atoms with Crippen LogP contribution in [0.2, 0.25) is 0 Å². The van der Waals surface area contributed by atoms with Gasteiger partial charge in [-0.2, -0.15) is 0 Å². The third-order valence-corrected chi connectivity index (χ3v) is 4.83. The van der Waals surface area contributed by atoms with Gasteiger partial charge in [0.05, 0.1) is 0 Å². The quantitative estimate of drug-likeness (QED) is 0.847. The van der Waals surface area contributed by atoms with Gasteiger partial charge in [-0.05, 0) is 56.4 Å². The molecule has 3 rings (SSSR count). The molecule has 0 spiro atoms. The van der Waals surface area contributed by atoms with Gasteiger partial charge in [-0.15, -0.1) is 0 Å². The van der Waals surface area contributed by atoms with E-state index < -0.39 is 0 Å². The normalized spacial score (nSPS) is 24.5. The van der Waals surface area contributed by atoms with E-state index in [4.69, 9.17) is 0 Å². The summed E-state index contributed by atoms with van der Waals surface area (Å²) >= 11 is 0. The summed E-state index contributed by atoms with van der Waals surface area (Å²) in [6.07, 6.45) is 4.99. The Morgan fingerprint density at radius 3 is 2.71 bits per heavy atom. The van der Waals surface area contributed by atoms with E-state index in [0.717, 1.165) is 18.2 Å². The van der Waals surface area contributed by atoms with Crippen LogP contribution < -0.4 is 10.2 Å². The van der Waals surface area contributed by atoms with Crippen LogP contribution in [0.5, 0.6) is 0 Å². The Bertz CT molecular complexity index is 559. The van der Waals surface area contributed by atoms with Gasteiger partial charge < -0.3 is 10.2 Å². The van der Waals surface area contributed by atoms with Crippen LogP contribution in [-0.4, -0.2) is 18.0 Å². The zero-order valence-electron chi connectivity index (χ0n) is 13.6. The molecule has 1 aromatic carbocycles. The topological polar surface area (TPSA) is 32.3 Å². The SMILES string of the molecule is CC1CCC2CCc3cc(NC(=O)C(C)(C)C)ccc3N12. The van der Waals surface area contributed by atoms with Crippen LogP contribution in [0.25, 0.3) is 0 Å². The molecule has 3 nitrogen and oxygen atoms in total. The lowest BCUT2D eigenvalue weighted by molar-refractivity contribution is -0.123.